The Morgan fingerprint density at radius 2 is 2.05 bits per heavy atom. The molecule has 0 aliphatic carbocycles. The maximum Gasteiger partial charge on any atom is 0.122 e. The molecule has 0 bridgehead atoms. The average molecular weight is 288 g/mol. The molecule has 104 valence electrons. The highest BCUT2D eigenvalue weighted by molar-refractivity contribution is 6.31. The Hall–Kier alpha value is -1.51. The van der Waals surface area contributed by atoms with Crippen LogP contribution in [0.5, 0.6) is 5.75 Å². The summed E-state index contributed by atoms with van der Waals surface area (Å²) in [6.45, 7) is 0.803. The number of benzene rings is 2. The van der Waals surface area contributed by atoms with Gasteiger partial charge < -0.3 is 10.5 Å². The fraction of sp³-hybridized carbons (Fsp3) is 0.294. The van der Waals surface area contributed by atoms with Gasteiger partial charge in [0.1, 0.15) is 5.75 Å². The second-order valence-electron chi connectivity index (χ2n) is 5.21. The van der Waals surface area contributed by atoms with E-state index in [4.69, 9.17) is 22.1 Å². The van der Waals surface area contributed by atoms with E-state index in [0.29, 0.717) is 0 Å². The van der Waals surface area contributed by atoms with Gasteiger partial charge in [-0.1, -0.05) is 41.9 Å². The zero-order valence-corrected chi connectivity index (χ0v) is 12.1. The molecule has 2 aromatic rings. The second kappa shape index (κ2) is 5.86. The Morgan fingerprint density at radius 3 is 2.90 bits per heavy atom. The number of fused-ring (bicyclic) bond motifs is 1. The quantitative estimate of drug-likeness (QED) is 0.925. The second-order valence-corrected chi connectivity index (χ2v) is 5.61. The highest BCUT2D eigenvalue weighted by Gasteiger charge is 2.13. The molecule has 1 atom stereocenters. The molecule has 2 N–H and O–H groups in total. The van der Waals surface area contributed by atoms with E-state index in [0.717, 1.165) is 42.2 Å². The van der Waals surface area contributed by atoms with Gasteiger partial charge in [-0.05, 0) is 41.7 Å². The number of hydrogen-bond donors (Lipinski definition) is 1. The van der Waals surface area contributed by atoms with Crippen molar-refractivity contribution in [1.82, 2.24) is 0 Å². The van der Waals surface area contributed by atoms with E-state index in [1.807, 2.05) is 24.3 Å². The third-order valence-electron chi connectivity index (χ3n) is 3.80. The highest BCUT2D eigenvalue weighted by Crippen LogP contribution is 2.28. The van der Waals surface area contributed by atoms with Crippen molar-refractivity contribution in [2.45, 2.75) is 25.3 Å². The van der Waals surface area contributed by atoms with E-state index in [9.17, 15) is 0 Å². The first-order chi connectivity index (χ1) is 9.74. The van der Waals surface area contributed by atoms with Crippen molar-refractivity contribution in [2.75, 3.05) is 6.61 Å². The molecule has 0 saturated heterocycles. The van der Waals surface area contributed by atoms with E-state index in [-0.39, 0.29) is 6.04 Å². The summed E-state index contributed by atoms with van der Waals surface area (Å²) in [4.78, 5) is 0. The zero-order chi connectivity index (χ0) is 13.9. The fourth-order valence-electron chi connectivity index (χ4n) is 2.65. The molecule has 0 radical (unpaired) electrons. The van der Waals surface area contributed by atoms with Crippen LogP contribution < -0.4 is 10.5 Å². The summed E-state index contributed by atoms with van der Waals surface area (Å²) >= 11 is 6.18. The van der Waals surface area contributed by atoms with Crippen molar-refractivity contribution in [1.29, 1.82) is 0 Å². The molecule has 0 fully saturated rings. The Morgan fingerprint density at radius 1 is 1.20 bits per heavy atom. The largest absolute Gasteiger partial charge is 0.493 e. The summed E-state index contributed by atoms with van der Waals surface area (Å²) in [5, 5.41) is 0.752. The molecule has 0 aromatic heterocycles. The lowest BCUT2D eigenvalue weighted by Gasteiger charge is -2.14. The molecular weight excluding hydrogens is 270 g/mol. The highest BCUT2D eigenvalue weighted by atomic mass is 35.5. The Balaban J connectivity index is 1.66. The van der Waals surface area contributed by atoms with Gasteiger partial charge in [-0.3, -0.25) is 0 Å². The standard InChI is InChI=1S/C17H18ClNO/c18-15-4-2-1-3-14(15)16(19)7-5-12-6-8-17-13(11-12)9-10-20-17/h1-4,6,8,11,16H,5,7,9-10,19H2. The molecule has 1 aliphatic heterocycles. The summed E-state index contributed by atoms with van der Waals surface area (Å²) in [5.41, 5.74) is 9.90. The normalized spacial score (nSPS) is 14.7. The maximum absolute atomic E-state index is 6.25. The Kier molecular flexibility index (Phi) is 3.95. The molecule has 2 nitrogen and oxygen atoms in total. The van der Waals surface area contributed by atoms with Crippen molar-refractivity contribution in [3.05, 3.63) is 64.2 Å². The molecule has 0 amide bonds. The van der Waals surface area contributed by atoms with Crippen LogP contribution in [0.15, 0.2) is 42.5 Å². The van der Waals surface area contributed by atoms with Crippen molar-refractivity contribution in [2.24, 2.45) is 5.73 Å². The van der Waals surface area contributed by atoms with Crippen LogP contribution in [0, 0.1) is 0 Å². The number of nitrogens with two attached hydrogens (primary N) is 1. The third kappa shape index (κ3) is 2.82. The summed E-state index contributed by atoms with van der Waals surface area (Å²) in [5.74, 6) is 1.03. The van der Waals surface area contributed by atoms with Crippen molar-refractivity contribution in [3.8, 4) is 5.75 Å². The smallest absolute Gasteiger partial charge is 0.122 e. The van der Waals surface area contributed by atoms with Crippen LogP contribution in [0.2, 0.25) is 5.02 Å². The Labute approximate surface area is 124 Å². The monoisotopic (exact) mass is 287 g/mol. The van der Waals surface area contributed by atoms with Gasteiger partial charge in [-0.25, -0.2) is 0 Å². The molecule has 1 heterocycles. The van der Waals surface area contributed by atoms with Gasteiger partial charge >= 0.3 is 0 Å². The van der Waals surface area contributed by atoms with Crippen LogP contribution >= 0.6 is 11.6 Å². The van der Waals surface area contributed by atoms with E-state index in [2.05, 4.69) is 18.2 Å². The van der Waals surface area contributed by atoms with Gasteiger partial charge in [0.25, 0.3) is 0 Å². The van der Waals surface area contributed by atoms with E-state index in [1.165, 1.54) is 11.1 Å². The number of aryl methyl sites for hydroxylation is 1. The molecule has 1 unspecified atom stereocenters. The van der Waals surface area contributed by atoms with E-state index in [1.54, 1.807) is 0 Å². The maximum atomic E-state index is 6.25. The first-order valence-electron chi connectivity index (χ1n) is 6.98. The lowest BCUT2D eigenvalue weighted by molar-refractivity contribution is 0.357. The Bertz CT molecular complexity index is 612. The first kappa shape index (κ1) is 13.5. The molecule has 3 heteroatoms. The molecule has 0 spiro atoms. The number of ether oxygens (including phenoxy) is 1. The SMILES string of the molecule is NC(CCc1ccc2c(c1)CCO2)c1ccccc1Cl. The minimum atomic E-state index is -0.0202. The van der Waals surface area contributed by atoms with E-state index < -0.39 is 0 Å². The van der Waals surface area contributed by atoms with Gasteiger partial charge in [0.15, 0.2) is 0 Å². The van der Waals surface area contributed by atoms with Crippen molar-refractivity contribution in [3.63, 3.8) is 0 Å². The zero-order valence-electron chi connectivity index (χ0n) is 11.3. The molecule has 20 heavy (non-hydrogen) atoms. The van der Waals surface area contributed by atoms with Crippen LogP contribution in [0.4, 0.5) is 0 Å². The first-order valence-corrected chi connectivity index (χ1v) is 7.36. The lowest BCUT2D eigenvalue weighted by atomic mass is 9.98. The molecule has 2 aromatic carbocycles. The number of rotatable bonds is 4. The summed E-state index contributed by atoms with van der Waals surface area (Å²) in [6.07, 6.45) is 2.86. The van der Waals surface area contributed by atoms with Gasteiger partial charge in [0.2, 0.25) is 0 Å². The van der Waals surface area contributed by atoms with Crippen LogP contribution in [-0.4, -0.2) is 6.61 Å². The predicted molar refractivity (Wildman–Crippen MR) is 82.3 cm³/mol. The molecule has 3 rings (SSSR count). The number of halogens is 1. The minimum Gasteiger partial charge on any atom is -0.493 e. The topological polar surface area (TPSA) is 35.2 Å². The van der Waals surface area contributed by atoms with Gasteiger partial charge in [0, 0.05) is 17.5 Å². The number of hydrogen-bond acceptors (Lipinski definition) is 2. The summed E-state index contributed by atoms with van der Waals surface area (Å²) in [6, 6.07) is 14.2. The third-order valence-corrected chi connectivity index (χ3v) is 4.15. The molecular formula is C17H18ClNO. The van der Waals surface area contributed by atoms with Crippen LogP contribution in [0.25, 0.3) is 0 Å². The minimum absolute atomic E-state index is 0.0202. The van der Waals surface area contributed by atoms with E-state index >= 15 is 0 Å². The summed E-state index contributed by atoms with van der Waals surface area (Å²) < 4.78 is 5.52. The van der Waals surface area contributed by atoms with Gasteiger partial charge in [-0.15, -0.1) is 0 Å². The van der Waals surface area contributed by atoms with Gasteiger partial charge in [-0.2, -0.15) is 0 Å². The van der Waals surface area contributed by atoms with Crippen LogP contribution in [0.1, 0.15) is 29.2 Å². The van der Waals surface area contributed by atoms with Crippen molar-refractivity contribution >= 4 is 11.6 Å². The van der Waals surface area contributed by atoms with Gasteiger partial charge in [0.05, 0.1) is 6.61 Å². The van der Waals surface area contributed by atoms with Crippen LogP contribution in [0.3, 0.4) is 0 Å². The molecule has 1 aliphatic rings. The van der Waals surface area contributed by atoms with Crippen LogP contribution in [-0.2, 0) is 12.8 Å². The molecule has 0 saturated carbocycles. The predicted octanol–water partition coefficient (Wildman–Crippen LogP) is 3.91. The summed E-state index contributed by atoms with van der Waals surface area (Å²) in [7, 11) is 0. The average Bonchev–Trinajstić information content (AvgIpc) is 2.92. The fourth-order valence-corrected chi connectivity index (χ4v) is 2.92. The lowest BCUT2D eigenvalue weighted by Crippen LogP contribution is -2.11. The van der Waals surface area contributed by atoms with Crippen molar-refractivity contribution < 1.29 is 4.74 Å².